The molecule has 1 aromatic carbocycles. The smallest absolute Gasteiger partial charge is 0.253 e. The Labute approximate surface area is 113 Å². The van der Waals surface area contributed by atoms with Gasteiger partial charge in [0, 0.05) is 28.5 Å². The van der Waals surface area contributed by atoms with Crippen LogP contribution in [0.15, 0.2) is 22.7 Å². The number of rotatable bonds is 3. The van der Waals surface area contributed by atoms with Gasteiger partial charge in [0.1, 0.15) is 0 Å². The van der Waals surface area contributed by atoms with Gasteiger partial charge in [0.05, 0.1) is 0 Å². The summed E-state index contributed by atoms with van der Waals surface area (Å²) in [6.07, 6.45) is 0. The number of hydrogen-bond donors (Lipinski definition) is 0. The van der Waals surface area contributed by atoms with E-state index in [0.717, 1.165) is 20.9 Å². The minimum Gasteiger partial charge on any atom is -0.338 e. The van der Waals surface area contributed by atoms with E-state index in [0.29, 0.717) is 0 Å². The Balaban J connectivity index is 2.92. The van der Waals surface area contributed by atoms with Crippen molar-refractivity contribution in [2.24, 2.45) is 0 Å². The fourth-order valence-electron chi connectivity index (χ4n) is 1.29. The molecule has 0 radical (unpaired) electrons. The van der Waals surface area contributed by atoms with Gasteiger partial charge in [-0.1, -0.05) is 31.9 Å². The largest absolute Gasteiger partial charge is 0.338 e. The minimum atomic E-state index is 0.0579. The molecule has 0 aliphatic heterocycles. The molecular formula is C12H15Br2NO. The molecular weight excluding hydrogens is 334 g/mol. The molecule has 0 spiro atoms. The molecule has 1 rings (SSSR count). The van der Waals surface area contributed by atoms with E-state index in [-0.39, 0.29) is 11.9 Å². The van der Waals surface area contributed by atoms with E-state index in [9.17, 15) is 4.79 Å². The van der Waals surface area contributed by atoms with Gasteiger partial charge in [-0.15, -0.1) is 0 Å². The first-order valence-electron chi connectivity index (χ1n) is 5.06. The molecule has 1 aromatic rings. The summed E-state index contributed by atoms with van der Waals surface area (Å²) >= 11 is 6.81. The lowest BCUT2D eigenvalue weighted by atomic mass is 10.1. The van der Waals surface area contributed by atoms with Crippen molar-refractivity contribution < 1.29 is 4.79 Å². The van der Waals surface area contributed by atoms with Crippen molar-refractivity contribution in [2.45, 2.75) is 19.9 Å². The van der Waals surface area contributed by atoms with Crippen LogP contribution in [0.2, 0.25) is 0 Å². The van der Waals surface area contributed by atoms with Crippen molar-refractivity contribution in [1.82, 2.24) is 4.90 Å². The summed E-state index contributed by atoms with van der Waals surface area (Å²) in [5, 5.41) is 0.782. The van der Waals surface area contributed by atoms with Crippen LogP contribution >= 0.6 is 31.9 Å². The van der Waals surface area contributed by atoms with Crippen LogP contribution in [0.4, 0.5) is 0 Å². The van der Waals surface area contributed by atoms with E-state index in [1.54, 1.807) is 4.90 Å². The third kappa shape index (κ3) is 3.08. The number of nitrogens with zero attached hydrogens (tertiary/aromatic N) is 1. The molecule has 1 atom stereocenters. The zero-order valence-corrected chi connectivity index (χ0v) is 12.8. The minimum absolute atomic E-state index is 0.0579. The lowest BCUT2D eigenvalue weighted by Gasteiger charge is -2.23. The van der Waals surface area contributed by atoms with E-state index < -0.39 is 0 Å². The van der Waals surface area contributed by atoms with Gasteiger partial charge in [-0.3, -0.25) is 4.79 Å². The van der Waals surface area contributed by atoms with Crippen LogP contribution < -0.4 is 0 Å². The molecule has 0 aliphatic carbocycles. The van der Waals surface area contributed by atoms with Gasteiger partial charge in [-0.2, -0.15) is 0 Å². The van der Waals surface area contributed by atoms with Crippen LogP contribution in [0.1, 0.15) is 22.8 Å². The van der Waals surface area contributed by atoms with Crippen molar-refractivity contribution in [3.63, 3.8) is 0 Å². The first kappa shape index (κ1) is 13.7. The zero-order chi connectivity index (χ0) is 12.3. The molecule has 16 heavy (non-hydrogen) atoms. The first-order valence-corrected chi connectivity index (χ1v) is 6.98. The lowest BCUT2D eigenvalue weighted by Crippen LogP contribution is -2.36. The monoisotopic (exact) mass is 347 g/mol. The number of halogens is 2. The Morgan fingerprint density at radius 2 is 2.12 bits per heavy atom. The van der Waals surface area contributed by atoms with Crippen molar-refractivity contribution in [1.29, 1.82) is 0 Å². The third-order valence-electron chi connectivity index (χ3n) is 2.61. The van der Waals surface area contributed by atoms with Crippen molar-refractivity contribution in [3.05, 3.63) is 33.8 Å². The Morgan fingerprint density at radius 3 is 2.62 bits per heavy atom. The van der Waals surface area contributed by atoms with E-state index in [1.165, 1.54) is 0 Å². The predicted molar refractivity (Wildman–Crippen MR) is 74.2 cm³/mol. The quantitative estimate of drug-likeness (QED) is 0.764. The lowest BCUT2D eigenvalue weighted by molar-refractivity contribution is 0.0758. The molecule has 88 valence electrons. The normalized spacial score (nSPS) is 12.3. The molecule has 1 amide bonds. The van der Waals surface area contributed by atoms with Crippen LogP contribution in [0.25, 0.3) is 0 Å². The van der Waals surface area contributed by atoms with Crippen LogP contribution in [0, 0.1) is 6.92 Å². The van der Waals surface area contributed by atoms with Crippen LogP contribution in [-0.4, -0.2) is 29.2 Å². The number of amides is 1. The van der Waals surface area contributed by atoms with Gasteiger partial charge in [-0.05, 0) is 37.6 Å². The standard InChI is InChI=1S/C12H15Br2NO/c1-8-6-10(4-5-11(8)14)12(16)15(3)9(2)7-13/h4-6,9H,7H2,1-3H3. The molecule has 2 nitrogen and oxygen atoms in total. The van der Waals surface area contributed by atoms with Gasteiger partial charge >= 0.3 is 0 Å². The third-order valence-corrected chi connectivity index (χ3v) is 4.44. The molecule has 1 unspecified atom stereocenters. The average Bonchev–Trinajstić information content (AvgIpc) is 2.29. The SMILES string of the molecule is Cc1cc(C(=O)N(C)C(C)CBr)ccc1Br. The van der Waals surface area contributed by atoms with Crippen LogP contribution in [0.3, 0.4) is 0 Å². The molecule has 0 aliphatic rings. The van der Waals surface area contributed by atoms with E-state index in [2.05, 4.69) is 31.9 Å². The first-order chi connectivity index (χ1) is 7.47. The fraction of sp³-hybridized carbons (Fsp3) is 0.417. The van der Waals surface area contributed by atoms with Crippen molar-refractivity contribution in [3.8, 4) is 0 Å². The fourth-order valence-corrected chi connectivity index (χ4v) is 1.97. The number of aryl methyl sites for hydroxylation is 1. The number of benzene rings is 1. The molecule has 0 aromatic heterocycles. The van der Waals surface area contributed by atoms with Gasteiger partial charge in [0.2, 0.25) is 0 Å². The topological polar surface area (TPSA) is 20.3 Å². The Kier molecular flexibility index (Phi) is 4.99. The van der Waals surface area contributed by atoms with Gasteiger partial charge < -0.3 is 4.90 Å². The van der Waals surface area contributed by atoms with Gasteiger partial charge in [0.15, 0.2) is 0 Å². The molecule has 0 saturated heterocycles. The highest BCUT2D eigenvalue weighted by Crippen LogP contribution is 2.18. The molecule has 0 saturated carbocycles. The Morgan fingerprint density at radius 1 is 1.50 bits per heavy atom. The molecule has 0 fully saturated rings. The number of alkyl halides is 1. The summed E-state index contributed by atoms with van der Waals surface area (Å²) < 4.78 is 1.03. The van der Waals surface area contributed by atoms with E-state index in [1.807, 2.05) is 39.1 Å². The summed E-state index contributed by atoms with van der Waals surface area (Å²) in [5.74, 6) is 0.0579. The predicted octanol–water partition coefficient (Wildman–Crippen LogP) is 3.61. The van der Waals surface area contributed by atoms with Crippen LogP contribution in [0.5, 0.6) is 0 Å². The highest BCUT2D eigenvalue weighted by molar-refractivity contribution is 9.10. The highest BCUT2D eigenvalue weighted by atomic mass is 79.9. The van der Waals surface area contributed by atoms with Crippen molar-refractivity contribution in [2.75, 3.05) is 12.4 Å². The maximum atomic E-state index is 12.1. The van der Waals surface area contributed by atoms with Gasteiger partial charge in [-0.25, -0.2) is 0 Å². The second-order valence-corrected chi connectivity index (χ2v) is 5.39. The van der Waals surface area contributed by atoms with E-state index >= 15 is 0 Å². The van der Waals surface area contributed by atoms with Gasteiger partial charge in [0.25, 0.3) is 5.91 Å². The summed E-state index contributed by atoms with van der Waals surface area (Å²) in [5.41, 5.74) is 1.81. The van der Waals surface area contributed by atoms with Crippen LogP contribution in [-0.2, 0) is 0 Å². The number of carbonyl (C=O) groups is 1. The Bertz CT molecular complexity index is 393. The molecule has 0 N–H and O–H groups in total. The molecule has 0 heterocycles. The summed E-state index contributed by atoms with van der Waals surface area (Å²) in [4.78, 5) is 13.8. The Hall–Kier alpha value is -0.350. The highest BCUT2D eigenvalue weighted by Gasteiger charge is 2.16. The second-order valence-electron chi connectivity index (χ2n) is 3.88. The maximum Gasteiger partial charge on any atom is 0.253 e. The molecule has 4 heteroatoms. The summed E-state index contributed by atoms with van der Waals surface area (Å²) in [7, 11) is 1.83. The second kappa shape index (κ2) is 5.82. The maximum absolute atomic E-state index is 12.1. The average molecular weight is 349 g/mol. The van der Waals surface area contributed by atoms with Crippen molar-refractivity contribution >= 4 is 37.8 Å². The van der Waals surface area contributed by atoms with E-state index in [4.69, 9.17) is 0 Å². The number of hydrogen-bond acceptors (Lipinski definition) is 1. The summed E-state index contributed by atoms with van der Waals surface area (Å²) in [6, 6.07) is 5.85. The summed E-state index contributed by atoms with van der Waals surface area (Å²) in [6.45, 7) is 3.99. The zero-order valence-electron chi connectivity index (χ0n) is 9.63. The molecule has 0 bridgehead atoms. The number of carbonyl (C=O) groups excluding carboxylic acids is 1.